The first-order chi connectivity index (χ1) is 6.56. The van der Waals surface area contributed by atoms with Gasteiger partial charge in [-0.05, 0) is 19.4 Å². The van der Waals surface area contributed by atoms with Crippen LogP contribution in [0.3, 0.4) is 0 Å². The molecule has 5 heteroatoms. The van der Waals surface area contributed by atoms with E-state index in [1.165, 1.54) is 19.4 Å². The first kappa shape index (κ1) is 10.4. The molecule has 1 unspecified atom stereocenters. The van der Waals surface area contributed by atoms with Gasteiger partial charge in [-0.1, -0.05) is 0 Å². The number of carbonyl (C=O) groups excluding carboxylic acids is 1. The van der Waals surface area contributed by atoms with Crippen molar-refractivity contribution in [2.45, 2.75) is 19.9 Å². The molecule has 14 heavy (non-hydrogen) atoms. The molecule has 1 aromatic rings. The smallest absolute Gasteiger partial charge is 0.330 e. The van der Waals surface area contributed by atoms with Gasteiger partial charge < -0.3 is 4.74 Å². The van der Waals surface area contributed by atoms with Gasteiger partial charge in [0.15, 0.2) is 6.04 Å². The number of aromatic nitrogens is 2. The highest BCUT2D eigenvalue weighted by Crippen LogP contribution is 2.01. The van der Waals surface area contributed by atoms with Gasteiger partial charge >= 0.3 is 5.97 Å². The molecule has 0 bridgehead atoms. The Morgan fingerprint density at radius 1 is 1.64 bits per heavy atom. The summed E-state index contributed by atoms with van der Waals surface area (Å²) >= 11 is 0. The fourth-order valence-corrected chi connectivity index (χ4v) is 1.07. The quantitative estimate of drug-likeness (QED) is 0.638. The Kier molecular flexibility index (Phi) is 3.01. The Hall–Kier alpha value is -1.65. The summed E-state index contributed by atoms with van der Waals surface area (Å²) in [6.07, 6.45) is 1.53. The van der Waals surface area contributed by atoms with E-state index in [0.717, 1.165) is 10.2 Å². The lowest BCUT2D eigenvalue weighted by Crippen LogP contribution is -2.30. The van der Waals surface area contributed by atoms with Crippen molar-refractivity contribution in [1.29, 1.82) is 0 Å². The van der Waals surface area contributed by atoms with Crippen LogP contribution in [0.15, 0.2) is 17.1 Å². The SMILES string of the molecule is COC(=O)C(C)n1ncc(C)cc1=O. The number of esters is 1. The molecule has 0 spiro atoms. The molecule has 0 saturated heterocycles. The van der Waals surface area contributed by atoms with Crippen LogP contribution in [0, 0.1) is 6.92 Å². The molecule has 1 rings (SSSR count). The van der Waals surface area contributed by atoms with E-state index in [0.29, 0.717) is 0 Å². The molecule has 1 atom stereocenters. The number of ether oxygens (including phenoxy) is 1. The molecule has 0 aliphatic rings. The number of rotatable bonds is 2. The van der Waals surface area contributed by atoms with Gasteiger partial charge in [-0.15, -0.1) is 0 Å². The topological polar surface area (TPSA) is 61.2 Å². The molecule has 0 N–H and O–H groups in total. The van der Waals surface area contributed by atoms with Crippen LogP contribution in [0.5, 0.6) is 0 Å². The molecule has 5 nitrogen and oxygen atoms in total. The van der Waals surface area contributed by atoms with E-state index in [-0.39, 0.29) is 5.56 Å². The third-order valence-electron chi connectivity index (χ3n) is 1.87. The number of hydrogen-bond donors (Lipinski definition) is 0. The molecule has 1 heterocycles. The van der Waals surface area contributed by atoms with Crippen LogP contribution in [-0.2, 0) is 9.53 Å². The lowest BCUT2D eigenvalue weighted by molar-refractivity contribution is -0.144. The summed E-state index contributed by atoms with van der Waals surface area (Å²) in [4.78, 5) is 22.5. The van der Waals surface area contributed by atoms with Crippen LogP contribution in [0.25, 0.3) is 0 Å². The lowest BCUT2D eigenvalue weighted by atomic mass is 10.3. The van der Waals surface area contributed by atoms with Gasteiger partial charge in [-0.3, -0.25) is 4.79 Å². The van der Waals surface area contributed by atoms with E-state index >= 15 is 0 Å². The molecule has 76 valence electrons. The largest absolute Gasteiger partial charge is 0.467 e. The molecular weight excluding hydrogens is 184 g/mol. The molecule has 0 aromatic carbocycles. The molecule has 1 aromatic heterocycles. The summed E-state index contributed by atoms with van der Waals surface area (Å²) in [7, 11) is 1.28. The summed E-state index contributed by atoms with van der Waals surface area (Å²) < 4.78 is 5.61. The van der Waals surface area contributed by atoms with Crippen LogP contribution >= 0.6 is 0 Å². The van der Waals surface area contributed by atoms with Gasteiger partial charge in [0, 0.05) is 6.07 Å². The van der Waals surface area contributed by atoms with Crippen LogP contribution in [0.1, 0.15) is 18.5 Å². The van der Waals surface area contributed by atoms with E-state index in [4.69, 9.17) is 0 Å². The fraction of sp³-hybridized carbons (Fsp3) is 0.444. The fourth-order valence-electron chi connectivity index (χ4n) is 1.07. The van der Waals surface area contributed by atoms with Crippen LogP contribution in [-0.4, -0.2) is 22.9 Å². The number of hydrogen-bond acceptors (Lipinski definition) is 4. The average molecular weight is 196 g/mol. The first-order valence-corrected chi connectivity index (χ1v) is 4.19. The molecule has 0 saturated carbocycles. The van der Waals surface area contributed by atoms with Crippen LogP contribution in [0.2, 0.25) is 0 Å². The minimum Gasteiger partial charge on any atom is -0.467 e. The Balaban J connectivity index is 3.08. The van der Waals surface area contributed by atoms with Crippen molar-refractivity contribution in [2.75, 3.05) is 7.11 Å². The highest BCUT2D eigenvalue weighted by atomic mass is 16.5. The number of methoxy groups -OCH3 is 1. The minimum atomic E-state index is -0.687. The third kappa shape index (κ3) is 1.99. The zero-order valence-corrected chi connectivity index (χ0v) is 8.35. The summed E-state index contributed by atoms with van der Waals surface area (Å²) in [6, 6.07) is 0.736. The Labute approximate surface area is 81.3 Å². The third-order valence-corrected chi connectivity index (χ3v) is 1.87. The van der Waals surface area contributed by atoms with Gasteiger partial charge in [-0.2, -0.15) is 5.10 Å². The van der Waals surface area contributed by atoms with Crippen molar-refractivity contribution in [3.8, 4) is 0 Å². The number of aryl methyl sites for hydroxylation is 1. The van der Waals surface area contributed by atoms with Gasteiger partial charge in [0.2, 0.25) is 0 Å². The minimum absolute atomic E-state index is 0.303. The first-order valence-electron chi connectivity index (χ1n) is 4.19. The summed E-state index contributed by atoms with van der Waals surface area (Å²) in [5.74, 6) is -0.483. The second-order valence-electron chi connectivity index (χ2n) is 3.01. The van der Waals surface area contributed by atoms with Crippen molar-refractivity contribution >= 4 is 5.97 Å². The summed E-state index contributed by atoms with van der Waals surface area (Å²) in [5.41, 5.74) is 0.464. The molecular formula is C9H12N2O3. The number of nitrogens with zero attached hydrogens (tertiary/aromatic N) is 2. The molecule has 0 aliphatic carbocycles. The highest BCUT2D eigenvalue weighted by molar-refractivity contribution is 5.73. The predicted molar refractivity (Wildman–Crippen MR) is 50.0 cm³/mol. The van der Waals surface area contributed by atoms with Crippen molar-refractivity contribution in [2.24, 2.45) is 0 Å². The molecule has 0 amide bonds. The second-order valence-corrected chi connectivity index (χ2v) is 3.01. The van der Waals surface area contributed by atoms with E-state index in [2.05, 4.69) is 9.84 Å². The second kappa shape index (κ2) is 4.04. The monoisotopic (exact) mass is 196 g/mol. The maximum atomic E-state index is 11.4. The summed E-state index contributed by atoms with van der Waals surface area (Å²) in [6.45, 7) is 3.33. The zero-order chi connectivity index (χ0) is 10.7. The van der Waals surface area contributed by atoms with E-state index in [1.54, 1.807) is 13.8 Å². The lowest BCUT2D eigenvalue weighted by Gasteiger charge is -2.10. The van der Waals surface area contributed by atoms with E-state index in [1.807, 2.05) is 0 Å². The highest BCUT2D eigenvalue weighted by Gasteiger charge is 2.16. The zero-order valence-electron chi connectivity index (χ0n) is 8.35. The molecule has 0 fully saturated rings. The van der Waals surface area contributed by atoms with Gasteiger partial charge in [-0.25, -0.2) is 9.48 Å². The average Bonchev–Trinajstić information content (AvgIpc) is 2.15. The van der Waals surface area contributed by atoms with Gasteiger partial charge in [0.1, 0.15) is 0 Å². The Bertz CT molecular complexity index is 397. The summed E-state index contributed by atoms with van der Waals surface area (Å²) in [5, 5.41) is 3.85. The normalized spacial score (nSPS) is 12.2. The Morgan fingerprint density at radius 2 is 2.29 bits per heavy atom. The standard InChI is InChI=1S/C9H12N2O3/c1-6-4-8(12)11(10-5-6)7(2)9(13)14-3/h4-5,7H,1-3H3. The number of carbonyl (C=O) groups is 1. The van der Waals surface area contributed by atoms with Crippen LogP contribution < -0.4 is 5.56 Å². The molecule has 0 radical (unpaired) electrons. The van der Waals surface area contributed by atoms with E-state index in [9.17, 15) is 9.59 Å². The van der Waals surface area contributed by atoms with E-state index < -0.39 is 12.0 Å². The maximum Gasteiger partial charge on any atom is 0.330 e. The van der Waals surface area contributed by atoms with Crippen molar-refractivity contribution < 1.29 is 9.53 Å². The van der Waals surface area contributed by atoms with Crippen molar-refractivity contribution in [1.82, 2.24) is 9.78 Å². The predicted octanol–water partition coefficient (Wildman–Crippen LogP) is 0.286. The van der Waals surface area contributed by atoms with Gasteiger partial charge in [0.25, 0.3) is 5.56 Å². The van der Waals surface area contributed by atoms with Gasteiger partial charge in [0.05, 0.1) is 13.3 Å². The van der Waals surface area contributed by atoms with Crippen molar-refractivity contribution in [3.63, 3.8) is 0 Å². The van der Waals surface area contributed by atoms with Crippen molar-refractivity contribution in [3.05, 3.63) is 28.2 Å². The van der Waals surface area contributed by atoms with Crippen LogP contribution in [0.4, 0.5) is 0 Å². The molecule has 0 aliphatic heterocycles. The Morgan fingerprint density at radius 3 is 2.79 bits per heavy atom. The maximum absolute atomic E-state index is 11.4.